The third-order valence-electron chi connectivity index (χ3n) is 3.46. The van der Waals surface area contributed by atoms with Gasteiger partial charge in [-0.3, -0.25) is 0 Å². The number of rotatable bonds is 14. The summed E-state index contributed by atoms with van der Waals surface area (Å²) in [5.41, 5.74) is 0. The minimum Gasteiger partial charge on any atom is -0.116 e. The minimum absolute atomic E-state index is 0. The fourth-order valence-corrected chi connectivity index (χ4v) is 2.99. The van der Waals surface area contributed by atoms with Crippen molar-refractivity contribution in [2.45, 2.75) is 104 Å². The van der Waals surface area contributed by atoms with E-state index in [1.54, 1.807) is 0 Å². The molecule has 0 amide bonds. The van der Waals surface area contributed by atoms with Gasteiger partial charge in [-0.25, -0.2) is 0 Å². The molecule has 0 aliphatic heterocycles. The molecule has 0 N–H and O–H groups in total. The first-order valence-electron chi connectivity index (χ1n) is 8.40. The van der Waals surface area contributed by atoms with Crippen molar-refractivity contribution < 1.29 is 34.7 Å². The monoisotopic (exact) mass is 403 g/mol. The standard InChI is InChI=1S/C16H34O3P.Mo/c1-5-7-9-11-13-15(3)18-20(17)19-16(4)14-12-10-8-6-2;/h15-16H,5-14H2,1-4H3;/q+1;. The summed E-state index contributed by atoms with van der Waals surface area (Å²) in [5.74, 6) is 0. The first-order chi connectivity index (χ1) is 9.60. The predicted molar refractivity (Wildman–Crippen MR) is 86.2 cm³/mol. The van der Waals surface area contributed by atoms with Crippen LogP contribution in [0.3, 0.4) is 0 Å². The normalized spacial score (nSPS) is 14.4. The van der Waals surface area contributed by atoms with E-state index >= 15 is 0 Å². The molecule has 21 heavy (non-hydrogen) atoms. The van der Waals surface area contributed by atoms with Gasteiger partial charge in [-0.2, -0.15) is 0 Å². The van der Waals surface area contributed by atoms with Crippen LogP contribution < -0.4 is 0 Å². The Kier molecular flexibility index (Phi) is 19.5. The predicted octanol–water partition coefficient (Wildman–Crippen LogP) is 6.39. The minimum atomic E-state index is -1.96. The molecule has 0 rings (SSSR count). The molecule has 0 radical (unpaired) electrons. The molecule has 126 valence electrons. The van der Waals surface area contributed by atoms with Gasteiger partial charge in [0.05, 0.1) is 0 Å². The fraction of sp³-hybridized carbons (Fsp3) is 1.00. The molecule has 2 unspecified atom stereocenters. The quantitative estimate of drug-likeness (QED) is 0.192. The van der Waals surface area contributed by atoms with Crippen LogP contribution in [0.25, 0.3) is 0 Å². The molecule has 5 heteroatoms. The van der Waals surface area contributed by atoms with Gasteiger partial charge in [-0.1, -0.05) is 65.2 Å². The number of unbranched alkanes of at least 4 members (excludes halogenated alkanes) is 6. The molecule has 0 aromatic rings. The molecule has 0 aromatic heterocycles. The van der Waals surface area contributed by atoms with Crippen LogP contribution >= 0.6 is 8.25 Å². The maximum atomic E-state index is 11.7. The first-order valence-corrected chi connectivity index (χ1v) is 9.50. The van der Waals surface area contributed by atoms with Crippen molar-refractivity contribution in [1.82, 2.24) is 0 Å². The smallest absolute Gasteiger partial charge is 0.116 e. The summed E-state index contributed by atoms with van der Waals surface area (Å²) in [6.07, 6.45) is 11.8. The Morgan fingerprint density at radius 2 is 1.14 bits per heavy atom. The zero-order chi connectivity index (χ0) is 15.2. The SMILES string of the molecule is CCCCCCC(C)O[P+](=O)OC(C)CCCCCC.[Mo]. The maximum absolute atomic E-state index is 11.7. The van der Waals surface area contributed by atoms with E-state index in [-0.39, 0.29) is 33.3 Å². The van der Waals surface area contributed by atoms with E-state index < -0.39 is 8.25 Å². The van der Waals surface area contributed by atoms with Gasteiger partial charge in [-0.15, -0.1) is 9.05 Å². The van der Waals surface area contributed by atoms with Gasteiger partial charge in [0.1, 0.15) is 12.2 Å². The molecule has 0 heterocycles. The molecule has 3 nitrogen and oxygen atoms in total. The van der Waals surface area contributed by atoms with E-state index in [1.165, 1.54) is 38.5 Å². The van der Waals surface area contributed by atoms with Crippen molar-refractivity contribution in [3.05, 3.63) is 0 Å². The van der Waals surface area contributed by atoms with Crippen molar-refractivity contribution in [2.75, 3.05) is 0 Å². The van der Waals surface area contributed by atoms with Gasteiger partial charge in [0.15, 0.2) is 0 Å². The zero-order valence-corrected chi connectivity index (χ0v) is 17.2. The Balaban J connectivity index is 0. The van der Waals surface area contributed by atoms with Gasteiger partial charge in [-0.05, 0) is 26.7 Å². The third kappa shape index (κ3) is 16.9. The van der Waals surface area contributed by atoms with Gasteiger partial charge in [0.25, 0.3) is 0 Å². The van der Waals surface area contributed by atoms with Crippen LogP contribution in [0.5, 0.6) is 0 Å². The van der Waals surface area contributed by atoms with Crippen LogP contribution in [0.4, 0.5) is 0 Å². The molecular weight excluding hydrogens is 367 g/mol. The average molecular weight is 401 g/mol. The van der Waals surface area contributed by atoms with E-state index in [0.29, 0.717) is 0 Å². The second-order valence-electron chi connectivity index (χ2n) is 5.75. The Bertz CT molecular complexity index is 218. The molecule has 0 saturated carbocycles. The van der Waals surface area contributed by atoms with Crippen LogP contribution in [-0.4, -0.2) is 12.2 Å². The Morgan fingerprint density at radius 3 is 1.48 bits per heavy atom. The molecular formula is C16H34MoO3P+. The van der Waals surface area contributed by atoms with E-state index in [1.807, 2.05) is 13.8 Å². The molecule has 0 aromatic carbocycles. The topological polar surface area (TPSA) is 35.5 Å². The molecule has 0 aliphatic rings. The summed E-state index contributed by atoms with van der Waals surface area (Å²) in [4.78, 5) is 0. The summed E-state index contributed by atoms with van der Waals surface area (Å²) in [7, 11) is -1.96. The Morgan fingerprint density at radius 1 is 0.762 bits per heavy atom. The van der Waals surface area contributed by atoms with Crippen LogP contribution in [0.15, 0.2) is 0 Å². The molecule has 0 saturated heterocycles. The zero-order valence-electron chi connectivity index (χ0n) is 14.3. The molecule has 0 fully saturated rings. The summed E-state index contributed by atoms with van der Waals surface area (Å²) in [5, 5.41) is 0. The molecule has 0 spiro atoms. The van der Waals surface area contributed by atoms with Gasteiger partial charge in [0.2, 0.25) is 0 Å². The van der Waals surface area contributed by atoms with Crippen molar-refractivity contribution in [3.8, 4) is 0 Å². The summed E-state index contributed by atoms with van der Waals surface area (Å²) < 4.78 is 22.6. The third-order valence-corrected chi connectivity index (χ3v) is 4.52. The molecule has 0 aliphatic carbocycles. The van der Waals surface area contributed by atoms with Crippen LogP contribution in [0.1, 0.15) is 91.9 Å². The van der Waals surface area contributed by atoms with Crippen LogP contribution in [0, 0.1) is 0 Å². The Labute approximate surface area is 147 Å². The van der Waals surface area contributed by atoms with Crippen molar-refractivity contribution in [1.29, 1.82) is 0 Å². The average Bonchev–Trinajstić information content (AvgIpc) is 2.39. The number of hydrogen-bond acceptors (Lipinski definition) is 3. The second-order valence-corrected chi connectivity index (χ2v) is 6.62. The largest absolute Gasteiger partial charge is 0.697 e. The van der Waals surface area contributed by atoms with Crippen LogP contribution in [-0.2, 0) is 34.7 Å². The van der Waals surface area contributed by atoms with Gasteiger partial charge in [0, 0.05) is 25.6 Å². The van der Waals surface area contributed by atoms with E-state index in [9.17, 15) is 4.57 Å². The summed E-state index contributed by atoms with van der Waals surface area (Å²) >= 11 is 0. The van der Waals surface area contributed by atoms with E-state index in [2.05, 4.69) is 13.8 Å². The van der Waals surface area contributed by atoms with E-state index in [0.717, 1.165) is 25.7 Å². The van der Waals surface area contributed by atoms with Crippen molar-refractivity contribution >= 4 is 8.25 Å². The van der Waals surface area contributed by atoms with Crippen molar-refractivity contribution in [2.24, 2.45) is 0 Å². The second kappa shape index (κ2) is 17.1. The summed E-state index contributed by atoms with van der Waals surface area (Å²) in [6, 6.07) is 0. The Hall–Kier alpha value is 0.708. The first kappa shape index (κ1) is 24.0. The number of hydrogen-bond donors (Lipinski definition) is 0. The van der Waals surface area contributed by atoms with E-state index in [4.69, 9.17) is 9.05 Å². The molecule has 0 bridgehead atoms. The van der Waals surface area contributed by atoms with Crippen molar-refractivity contribution in [3.63, 3.8) is 0 Å². The van der Waals surface area contributed by atoms with Gasteiger partial charge >= 0.3 is 8.25 Å². The fourth-order valence-electron chi connectivity index (χ4n) is 2.14. The summed E-state index contributed by atoms with van der Waals surface area (Å²) in [6.45, 7) is 8.36. The van der Waals surface area contributed by atoms with Gasteiger partial charge < -0.3 is 0 Å². The molecule has 2 atom stereocenters. The van der Waals surface area contributed by atoms with Crippen LogP contribution in [0.2, 0.25) is 0 Å². The maximum Gasteiger partial charge on any atom is 0.697 e.